The van der Waals surface area contributed by atoms with Crippen LogP contribution in [0.1, 0.15) is 44.2 Å². The van der Waals surface area contributed by atoms with Gasteiger partial charge in [-0.25, -0.2) is 4.39 Å². The molecule has 1 aliphatic heterocycles. The van der Waals surface area contributed by atoms with E-state index in [2.05, 4.69) is 17.1 Å². The number of hydrogen-bond donors (Lipinski definition) is 2. The Kier molecular flexibility index (Phi) is 4.45. The molecular formula is C17H25FN2O. The van der Waals surface area contributed by atoms with Gasteiger partial charge in [-0.3, -0.25) is 4.90 Å². The maximum absolute atomic E-state index is 14.1. The lowest BCUT2D eigenvalue weighted by molar-refractivity contribution is 0.149. The number of phenols is 1. The van der Waals surface area contributed by atoms with E-state index in [-0.39, 0.29) is 17.6 Å². The zero-order chi connectivity index (χ0) is 14.8. The first-order valence-corrected chi connectivity index (χ1v) is 8.10. The van der Waals surface area contributed by atoms with Crippen LogP contribution in [0, 0.1) is 11.7 Å². The topological polar surface area (TPSA) is 35.5 Å². The van der Waals surface area contributed by atoms with Crippen LogP contribution >= 0.6 is 0 Å². The second-order valence-corrected chi connectivity index (χ2v) is 6.50. The van der Waals surface area contributed by atoms with Crippen molar-refractivity contribution in [3.63, 3.8) is 0 Å². The van der Waals surface area contributed by atoms with Crippen LogP contribution in [0.3, 0.4) is 0 Å². The molecule has 4 heteroatoms. The van der Waals surface area contributed by atoms with E-state index in [0.717, 1.165) is 25.6 Å². The van der Waals surface area contributed by atoms with E-state index in [0.29, 0.717) is 11.6 Å². The summed E-state index contributed by atoms with van der Waals surface area (Å²) >= 11 is 0. The van der Waals surface area contributed by atoms with Crippen molar-refractivity contribution in [2.75, 3.05) is 19.6 Å². The summed E-state index contributed by atoms with van der Waals surface area (Å²) in [6, 6.07) is 5.23. The molecule has 3 nitrogen and oxygen atoms in total. The Balaban J connectivity index is 1.73. The number of piperidine rings is 1. The molecule has 0 radical (unpaired) electrons. The van der Waals surface area contributed by atoms with Gasteiger partial charge in [0.05, 0.1) is 0 Å². The molecule has 1 saturated heterocycles. The minimum Gasteiger partial charge on any atom is -0.508 e. The van der Waals surface area contributed by atoms with E-state index in [1.54, 1.807) is 12.1 Å². The van der Waals surface area contributed by atoms with Gasteiger partial charge in [0.15, 0.2) is 0 Å². The lowest BCUT2D eigenvalue weighted by atomic mass is 9.95. The van der Waals surface area contributed by atoms with E-state index >= 15 is 0 Å². The monoisotopic (exact) mass is 292 g/mol. The van der Waals surface area contributed by atoms with E-state index in [1.807, 2.05) is 0 Å². The fourth-order valence-corrected chi connectivity index (χ4v) is 3.43. The highest BCUT2D eigenvalue weighted by Gasteiger charge is 2.35. The SMILES string of the molecule is CC(c1ccc(O)cc1F)N(CC1CCNCC1)C1CC1. The average molecular weight is 292 g/mol. The second kappa shape index (κ2) is 6.32. The maximum Gasteiger partial charge on any atom is 0.131 e. The third kappa shape index (κ3) is 3.55. The third-order valence-corrected chi connectivity index (χ3v) is 4.88. The van der Waals surface area contributed by atoms with Crippen molar-refractivity contribution in [1.29, 1.82) is 0 Å². The number of rotatable bonds is 5. The Morgan fingerprint density at radius 2 is 2.00 bits per heavy atom. The van der Waals surface area contributed by atoms with Crippen molar-refractivity contribution >= 4 is 0 Å². The molecule has 3 rings (SSSR count). The first kappa shape index (κ1) is 14.8. The first-order chi connectivity index (χ1) is 10.1. The van der Waals surface area contributed by atoms with E-state index in [4.69, 9.17) is 0 Å². The van der Waals surface area contributed by atoms with Gasteiger partial charge in [-0.2, -0.15) is 0 Å². The van der Waals surface area contributed by atoms with Crippen LogP contribution in [0.15, 0.2) is 18.2 Å². The molecule has 21 heavy (non-hydrogen) atoms. The predicted octanol–water partition coefficient (Wildman–Crippen LogP) is 3.06. The van der Waals surface area contributed by atoms with Gasteiger partial charge in [0, 0.05) is 30.3 Å². The molecule has 2 fully saturated rings. The number of phenolic OH excluding ortho intramolecular Hbond substituents is 1. The molecule has 0 aromatic heterocycles. The molecule has 2 N–H and O–H groups in total. The molecule has 0 amide bonds. The zero-order valence-electron chi connectivity index (χ0n) is 12.7. The predicted molar refractivity (Wildman–Crippen MR) is 81.8 cm³/mol. The highest BCUT2D eigenvalue weighted by molar-refractivity contribution is 5.29. The van der Waals surface area contributed by atoms with Gasteiger partial charge < -0.3 is 10.4 Å². The van der Waals surface area contributed by atoms with Crippen LogP contribution in [-0.2, 0) is 0 Å². The molecule has 1 aromatic rings. The van der Waals surface area contributed by atoms with Gasteiger partial charge >= 0.3 is 0 Å². The fourth-order valence-electron chi connectivity index (χ4n) is 3.43. The van der Waals surface area contributed by atoms with E-state index in [9.17, 15) is 9.50 Å². The van der Waals surface area contributed by atoms with E-state index < -0.39 is 0 Å². The van der Waals surface area contributed by atoms with Crippen molar-refractivity contribution < 1.29 is 9.50 Å². The number of nitrogens with zero attached hydrogens (tertiary/aromatic N) is 1. The van der Waals surface area contributed by atoms with Crippen LogP contribution in [-0.4, -0.2) is 35.7 Å². The van der Waals surface area contributed by atoms with Crippen molar-refractivity contribution in [3.8, 4) is 5.75 Å². The van der Waals surface area contributed by atoms with Crippen LogP contribution in [0.4, 0.5) is 4.39 Å². The standard InChI is InChI=1S/C17H25FN2O/c1-12(16-5-4-15(21)10-17(16)18)20(14-2-3-14)11-13-6-8-19-9-7-13/h4-5,10,12-14,19,21H,2-3,6-9,11H2,1H3. The summed E-state index contributed by atoms with van der Waals surface area (Å²) in [5, 5.41) is 12.8. The minimum absolute atomic E-state index is 0.000207. The fraction of sp³-hybridized carbons (Fsp3) is 0.647. The van der Waals surface area contributed by atoms with Crippen molar-refractivity contribution in [1.82, 2.24) is 10.2 Å². The number of benzene rings is 1. The Labute approximate surface area is 126 Å². The highest BCUT2D eigenvalue weighted by atomic mass is 19.1. The lowest BCUT2D eigenvalue weighted by Gasteiger charge is -2.34. The van der Waals surface area contributed by atoms with Crippen molar-refractivity contribution in [2.45, 2.75) is 44.7 Å². The van der Waals surface area contributed by atoms with Gasteiger partial charge in [-0.1, -0.05) is 6.07 Å². The normalized spacial score (nSPS) is 21.7. The van der Waals surface area contributed by atoms with Crippen molar-refractivity contribution in [2.24, 2.45) is 5.92 Å². The molecule has 2 aliphatic rings. The molecule has 1 atom stereocenters. The van der Waals surface area contributed by atoms with Crippen molar-refractivity contribution in [3.05, 3.63) is 29.6 Å². The van der Waals surface area contributed by atoms with Gasteiger partial charge in [-0.15, -0.1) is 0 Å². The number of aromatic hydroxyl groups is 1. The van der Waals surface area contributed by atoms with Gasteiger partial charge in [0.25, 0.3) is 0 Å². The molecule has 116 valence electrons. The maximum atomic E-state index is 14.1. The Hall–Kier alpha value is -1.13. The highest BCUT2D eigenvalue weighted by Crippen LogP contribution is 2.37. The molecule has 0 spiro atoms. The molecule has 1 aliphatic carbocycles. The zero-order valence-corrected chi connectivity index (χ0v) is 12.7. The summed E-state index contributed by atoms with van der Waals surface area (Å²) in [5.41, 5.74) is 0.702. The summed E-state index contributed by atoms with van der Waals surface area (Å²) in [7, 11) is 0. The third-order valence-electron chi connectivity index (χ3n) is 4.88. The summed E-state index contributed by atoms with van der Waals surface area (Å²) in [5.74, 6) is 0.424. The Morgan fingerprint density at radius 3 is 2.62 bits per heavy atom. The number of nitrogens with one attached hydrogen (secondary N) is 1. The van der Waals surface area contributed by atoms with E-state index in [1.165, 1.54) is 31.7 Å². The minimum atomic E-state index is -0.293. The summed E-state index contributed by atoms with van der Waals surface area (Å²) in [6.45, 7) is 5.36. The number of hydrogen-bond acceptors (Lipinski definition) is 3. The van der Waals surface area contributed by atoms with Gasteiger partial charge in [0.1, 0.15) is 11.6 Å². The first-order valence-electron chi connectivity index (χ1n) is 8.10. The average Bonchev–Trinajstić information content (AvgIpc) is 3.30. The van der Waals surface area contributed by atoms with Gasteiger partial charge in [0.2, 0.25) is 0 Å². The Bertz CT molecular complexity index is 484. The lowest BCUT2D eigenvalue weighted by Crippen LogP contribution is -2.38. The molecule has 1 unspecified atom stereocenters. The molecule has 1 heterocycles. The molecule has 1 saturated carbocycles. The smallest absolute Gasteiger partial charge is 0.131 e. The summed E-state index contributed by atoms with van der Waals surface area (Å²) in [4.78, 5) is 2.48. The largest absolute Gasteiger partial charge is 0.508 e. The molecule has 0 bridgehead atoms. The van der Waals surface area contributed by atoms with Crippen LogP contribution in [0.5, 0.6) is 5.75 Å². The van der Waals surface area contributed by atoms with Crippen LogP contribution < -0.4 is 5.32 Å². The second-order valence-electron chi connectivity index (χ2n) is 6.50. The van der Waals surface area contributed by atoms with Gasteiger partial charge in [-0.05, 0) is 57.7 Å². The van der Waals surface area contributed by atoms with Crippen LogP contribution in [0.25, 0.3) is 0 Å². The Morgan fingerprint density at radius 1 is 1.29 bits per heavy atom. The molecular weight excluding hydrogens is 267 g/mol. The molecule has 1 aromatic carbocycles. The number of halogens is 1. The quantitative estimate of drug-likeness (QED) is 0.875. The summed E-state index contributed by atoms with van der Waals surface area (Å²) < 4.78 is 14.1. The summed E-state index contributed by atoms with van der Waals surface area (Å²) in [6.07, 6.45) is 4.89. The van der Waals surface area contributed by atoms with Crippen LogP contribution in [0.2, 0.25) is 0 Å².